The van der Waals surface area contributed by atoms with E-state index in [4.69, 9.17) is 5.73 Å². The third kappa shape index (κ3) is 3.04. The summed E-state index contributed by atoms with van der Waals surface area (Å²) < 4.78 is 13.6. The van der Waals surface area contributed by atoms with Crippen LogP contribution in [0.4, 0.5) is 9.39 Å². The Morgan fingerprint density at radius 1 is 1.03 bits per heavy atom. The third-order valence-electron chi connectivity index (χ3n) is 6.58. The minimum Gasteiger partial charge on any atom is -0.384 e. The number of anilines is 1. The number of thiophene rings is 1. The van der Waals surface area contributed by atoms with Crippen LogP contribution in [0.15, 0.2) is 46.9 Å². The zero-order chi connectivity index (χ0) is 22.4. The van der Waals surface area contributed by atoms with E-state index in [9.17, 15) is 19.7 Å². The molecule has 0 saturated carbocycles. The zero-order valence-corrected chi connectivity index (χ0v) is 18.3. The minimum absolute atomic E-state index is 0.0225. The van der Waals surface area contributed by atoms with Crippen molar-refractivity contribution in [3.8, 4) is 12.1 Å². The van der Waals surface area contributed by atoms with Crippen molar-refractivity contribution in [2.75, 3.05) is 4.90 Å². The lowest BCUT2D eigenvalue weighted by molar-refractivity contribution is -0.116. The maximum Gasteiger partial charge on any atom is 0.161 e. The van der Waals surface area contributed by atoms with Crippen LogP contribution in [0, 0.1) is 28.5 Å². The number of nitriles is 2. The first-order valence-electron chi connectivity index (χ1n) is 10.8. The monoisotopic (exact) mass is 444 g/mol. The van der Waals surface area contributed by atoms with E-state index in [1.807, 2.05) is 0 Å². The molecule has 0 spiro atoms. The molecule has 2 aliphatic carbocycles. The summed E-state index contributed by atoms with van der Waals surface area (Å²) in [7, 11) is 0. The zero-order valence-electron chi connectivity index (χ0n) is 17.4. The Hall–Kier alpha value is -3.42. The number of Topliss-reactive ketones (excluding diaryl/α,β-unsaturated/α-hetero) is 1. The van der Waals surface area contributed by atoms with E-state index in [0.29, 0.717) is 41.0 Å². The van der Waals surface area contributed by atoms with Crippen LogP contribution in [-0.2, 0) is 17.6 Å². The molecule has 2 aromatic rings. The van der Waals surface area contributed by atoms with Crippen molar-refractivity contribution >= 4 is 22.1 Å². The molecular weight excluding hydrogens is 423 g/mol. The highest BCUT2D eigenvalue weighted by molar-refractivity contribution is 7.16. The Balaban J connectivity index is 1.76. The summed E-state index contributed by atoms with van der Waals surface area (Å²) >= 11 is 1.55. The highest BCUT2D eigenvalue weighted by atomic mass is 32.1. The van der Waals surface area contributed by atoms with Crippen LogP contribution >= 0.6 is 11.3 Å². The van der Waals surface area contributed by atoms with E-state index < -0.39 is 5.92 Å². The predicted molar refractivity (Wildman–Crippen MR) is 120 cm³/mol. The van der Waals surface area contributed by atoms with Gasteiger partial charge in [0.2, 0.25) is 0 Å². The summed E-state index contributed by atoms with van der Waals surface area (Å²) in [6.45, 7) is 0. The molecule has 7 heteroatoms. The summed E-state index contributed by atoms with van der Waals surface area (Å²) in [5, 5.41) is 20.8. The first kappa shape index (κ1) is 20.5. The van der Waals surface area contributed by atoms with Crippen molar-refractivity contribution in [1.82, 2.24) is 0 Å². The molecule has 1 aliphatic heterocycles. The molecule has 0 radical (unpaired) electrons. The van der Waals surface area contributed by atoms with Gasteiger partial charge in [0.25, 0.3) is 0 Å². The molecule has 0 unspecified atom stereocenters. The van der Waals surface area contributed by atoms with Gasteiger partial charge in [-0.05, 0) is 61.8 Å². The van der Waals surface area contributed by atoms with Crippen LogP contribution in [-0.4, -0.2) is 5.78 Å². The molecule has 1 aromatic carbocycles. The largest absolute Gasteiger partial charge is 0.384 e. The lowest BCUT2D eigenvalue weighted by atomic mass is 9.75. The summed E-state index contributed by atoms with van der Waals surface area (Å²) in [5.41, 5.74) is 10.5. The number of hydrogen-bond acceptors (Lipinski definition) is 6. The first-order valence-corrected chi connectivity index (χ1v) is 11.6. The highest BCUT2D eigenvalue weighted by Crippen LogP contribution is 2.50. The number of nitrogens with zero attached hydrogens (tertiary/aromatic N) is 3. The van der Waals surface area contributed by atoms with Gasteiger partial charge in [0.05, 0.1) is 23.1 Å². The Labute approximate surface area is 189 Å². The molecule has 3 aliphatic rings. The average Bonchev–Trinajstić information content (AvgIpc) is 3.17. The second-order valence-corrected chi connectivity index (χ2v) is 9.45. The van der Waals surface area contributed by atoms with E-state index in [1.54, 1.807) is 28.4 Å². The Kier molecular flexibility index (Phi) is 5.07. The number of halogens is 1. The van der Waals surface area contributed by atoms with Crippen LogP contribution in [0.5, 0.6) is 0 Å². The van der Waals surface area contributed by atoms with Crippen LogP contribution in [0.1, 0.15) is 59.6 Å². The molecule has 2 heterocycles. The number of carbonyl (C=O) groups is 1. The van der Waals surface area contributed by atoms with Gasteiger partial charge >= 0.3 is 0 Å². The van der Waals surface area contributed by atoms with Gasteiger partial charge in [-0.25, -0.2) is 4.39 Å². The molecule has 32 heavy (non-hydrogen) atoms. The molecule has 5 rings (SSSR count). The number of ketones is 1. The van der Waals surface area contributed by atoms with Crippen molar-refractivity contribution in [2.24, 2.45) is 5.73 Å². The van der Waals surface area contributed by atoms with Crippen molar-refractivity contribution < 1.29 is 9.18 Å². The number of nitrogens with two attached hydrogens (primary N) is 1. The van der Waals surface area contributed by atoms with Gasteiger partial charge in [0.1, 0.15) is 22.7 Å². The van der Waals surface area contributed by atoms with Gasteiger partial charge in [-0.2, -0.15) is 10.5 Å². The predicted octanol–water partition coefficient (Wildman–Crippen LogP) is 4.94. The fraction of sp³-hybridized carbons (Fsp3) is 0.320. The number of benzene rings is 1. The highest BCUT2D eigenvalue weighted by Gasteiger charge is 2.41. The summed E-state index contributed by atoms with van der Waals surface area (Å²) in [4.78, 5) is 16.2. The summed E-state index contributed by atoms with van der Waals surface area (Å²) in [6.07, 6.45) is 5.64. The maximum atomic E-state index is 13.6. The molecule has 0 fully saturated rings. The smallest absolute Gasteiger partial charge is 0.161 e. The number of rotatable bonds is 2. The molecular formula is C25H21FN4OS. The number of aryl methyl sites for hydroxylation is 1. The van der Waals surface area contributed by atoms with E-state index in [2.05, 4.69) is 12.1 Å². The Morgan fingerprint density at radius 3 is 2.50 bits per heavy atom. The third-order valence-corrected chi connectivity index (χ3v) is 7.86. The van der Waals surface area contributed by atoms with Gasteiger partial charge in [-0.1, -0.05) is 12.1 Å². The van der Waals surface area contributed by atoms with Gasteiger partial charge in [0.15, 0.2) is 5.78 Å². The lowest BCUT2D eigenvalue weighted by Crippen LogP contribution is -2.38. The molecule has 5 nitrogen and oxygen atoms in total. The molecule has 0 saturated heterocycles. The van der Waals surface area contributed by atoms with Crippen molar-refractivity contribution in [2.45, 2.75) is 50.9 Å². The fourth-order valence-corrected chi connectivity index (χ4v) is 6.51. The maximum absolute atomic E-state index is 13.6. The molecule has 160 valence electrons. The minimum atomic E-state index is -0.625. The van der Waals surface area contributed by atoms with Crippen LogP contribution in [0.25, 0.3) is 0 Å². The van der Waals surface area contributed by atoms with Crippen LogP contribution in [0.2, 0.25) is 0 Å². The van der Waals surface area contributed by atoms with Gasteiger partial charge < -0.3 is 5.73 Å². The van der Waals surface area contributed by atoms with E-state index in [-0.39, 0.29) is 23.0 Å². The summed E-state index contributed by atoms with van der Waals surface area (Å²) in [6, 6.07) is 10.5. The number of allylic oxidation sites excluding steroid dienone is 3. The van der Waals surface area contributed by atoms with Crippen molar-refractivity contribution in [3.05, 3.63) is 74.3 Å². The number of fused-ring (bicyclic) bond motifs is 1. The average molecular weight is 445 g/mol. The Morgan fingerprint density at radius 2 is 1.78 bits per heavy atom. The topological polar surface area (TPSA) is 93.9 Å². The van der Waals surface area contributed by atoms with Gasteiger partial charge in [-0.3, -0.25) is 9.69 Å². The molecule has 1 atom stereocenters. The normalized spacial score (nSPS) is 20.5. The van der Waals surface area contributed by atoms with E-state index >= 15 is 0 Å². The standard InChI is InChI=1S/C25H21FN4OS/c26-15-10-8-14(9-11-15)22-18(13-28)24(29)30(19-5-3-6-20(31)23(19)22)25-17(12-27)16-4-1-2-7-21(16)32-25/h8-11,22H,1-7,29H2/t22-/m0/s1. The summed E-state index contributed by atoms with van der Waals surface area (Å²) in [5.74, 6) is -0.774. The quantitative estimate of drug-likeness (QED) is 0.708. The molecule has 0 amide bonds. The number of hydrogen-bond donors (Lipinski definition) is 1. The SMILES string of the molecule is N#CC1=C(N)N(c2sc3c(c2C#N)CCCC3)C2=C(C(=O)CCC2)[C@H]1c1ccc(F)cc1. The molecule has 2 N–H and O–H groups in total. The van der Waals surface area contributed by atoms with E-state index in [0.717, 1.165) is 36.9 Å². The second-order valence-electron chi connectivity index (χ2n) is 8.37. The van der Waals surface area contributed by atoms with Crippen molar-refractivity contribution in [3.63, 3.8) is 0 Å². The van der Waals surface area contributed by atoms with Gasteiger partial charge in [-0.15, -0.1) is 11.3 Å². The Bertz CT molecular complexity index is 1270. The molecule has 0 bridgehead atoms. The molecule has 1 aromatic heterocycles. The van der Waals surface area contributed by atoms with Crippen LogP contribution < -0.4 is 10.6 Å². The second kappa shape index (κ2) is 7.93. The number of carbonyl (C=O) groups excluding carboxylic acids is 1. The van der Waals surface area contributed by atoms with Crippen molar-refractivity contribution in [1.29, 1.82) is 10.5 Å². The lowest BCUT2D eigenvalue weighted by Gasteiger charge is -2.39. The first-order chi connectivity index (χ1) is 15.5. The van der Waals surface area contributed by atoms with E-state index in [1.165, 1.54) is 17.0 Å². The van der Waals surface area contributed by atoms with Crippen LogP contribution in [0.3, 0.4) is 0 Å². The van der Waals surface area contributed by atoms with Gasteiger partial charge in [0, 0.05) is 22.6 Å². The fourth-order valence-electron chi connectivity index (χ4n) is 5.13.